The van der Waals surface area contributed by atoms with Gasteiger partial charge in [0, 0.05) is 11.5 Å². The molecule has 70 valence electrons. The molecule has 1 N–H and O–H groups in total. The van der Waals surface area contributed by atoms with Gasteiger partial charge in [-0.15, -0.1) is 0 Å². The predicted octanol–water partition coefficient (Wildman–Crippen LogP) is 1.68. The van der Waals surface area contributed by atoms with Crippen molar-refractivity contribution in [2.75, 3.05) is 0 Å². The maximum atomic E-state index is 10.8. The molecule has 0 radical (unpaired) electrons. The van der Waals surface area contributed by atoms with E-state index < -0.39 is 10.1 Å². The van der Waals surface area contributed by atoms with Crippen LogP contribution >= 0.6 is 11.8 Å². The molecule has 0 amide bonds. The summed E-state index contributed by atoms with van der Waals surface area (Å²) in [6.07, 6.45) is 0. The fourth-order valence-electron chi connectivity index (χ4n) is 1.31. The zero-order valence-electron chi connectivity index (χ0n) is 6.73. The summed E-state index contributed by atoms with van der Waals surface area (Å²) in [7, 11) is -4.03. The van der Waals surface area contributed by atoms with Crippen molar-refractivity contribution < 1.29 is 13.0 Å². The van der Waals surface area contributed by atoms with Gasteiger partial charge < -0.3 is 0 Å². The van der Waals surface area contributed by atoms with Crippen molar-refractivity contribution in [2.24, 2.45) is 0 Å². The quantitative estimate of drug-likeness (QED) is 0.726. The van der Waals surface area contributed by atoms with E-state index >= 15 is 0 Å². The molecule has 0 aliphatic carbocycles. The minimum absolute atomic E-state index is 0.00579. The summed E-state index contributed by atoms with van der Waals surface area (Å²) in [5.74, 6) is 1.76. The van der Waals surface area contributed by atoms with E-state index in [1.807, 2.05) is 0 Å². The number of benzene rings is 1. The van der Waals surface area contributed by atoms with Gasteiger partial charge in [0.1, 0.15) is 0 Å². The number of fused-ring (bicyclic) bond motifs is 1. The minimum Gasteiger partial charge on any atom is -0.282 e. The Morgan fingerprint density at radius 3 is 2.62 bits per heavy atom. The molecule has 0 fully saturated rings. The molecule has 1 aliphatic heterocycles. The van der Waals surface area contributed by atoms with Crippen molar-refractivity contribution in [1.82, 2.24) is 0 Å². The van der Waals surface area contributed by atoms with E-state index in [2.05, 4.69) is 0 Å². The molecule has 0 spiro atoms. The van der Waals surface area contributed by atoms with Gasteiger partial charge in [-0.05, 0) is 23.3 Å². The fourth-order valence-corrected chi connectivity index (χ4v) is 2.93. The van der Waals surface area contributed by atoms with Crippen LogP contribution in [0, 0.1) is 0 Å². The lowest BCUT2D eigenvalue weighted by molar-refractivity contribution is 0.483. The molecule has 0 bridgehead atoms. The number of hydrogen-bond acceptors (Lipinski definition) is 3. The maximum Gasteiger partial charge on any atom is 0.294 e. The zero-order valence-corrected chi connectivity index (χ0v) is 8.36. The van der Waals surface area contributed by atoms with Gasteiger partial charge in [-0.3, -0.25) is 4.55 Å². The van der Waals surface area contributed by atoms with Crippen molar-refractivity contribution in [3.63, 3.8) is 0 Å². The summed E-state index contributed by atoms with van der Waals surface area (Å²) in [5, 5.41) is 0. The largest absolute Gasteiger partial charge is 0.294 e. The van der Waals surface area contributed by atoms with Crippen molar-refractivity contribution >= 4 is 21.9 Å². The molecule has 1 aromatic rings. The van der Waals surface area contributed by atoms with Crippen LogP contribution in [0.4, 0.5) is 0 Å². The van der Waals surface area contributed by atoms with Gasteiger partial charge in [-0.1, -0.05) is 6.07 Å². The molecular weight excluding hydrogens is 208 g/mol. The Labute approximate surface area is 80.9 Å². The van der Waals surface area contributed by atoms with Crippen molar-refractivity contribution in [2.45, 2.75) is 16.4 Å². The van der Waals surface area contributed by atoms with Crippen molar-refractivity contribution in [3.05, 3.63) is 29.3 Å². The second kappa shape index (κ2) is 3.01. The number of hydrogen-bond donors (Lipinski definition) is 1. The van der Waals surface area contributed by atoms with Gasteiger partial charge in [0.05, 0.1) is 4.90 Å². The lowest BCUT2D eigenvalue weighted by atomic mass is 10.1. The topological polar surface area (TPSA) is 54.4 Å². The molecule has 5 heteroatoms. The predicted molar refractivity (Wildman–Crippen MR) is 51.3 cm³/mol. The van der Waals surface area contributed by atoms with E-state index in [4.69, 9.17) is 4.55 Å². The van der Waals surface area contributed by atoms with E-state index in [9.17, 15) is 8.42 Å². The second-order valence-electron chi connectivity index (χ2n) is 2.90. The molecule has 13 heavy (non-hydrogen) atoms. The highest BCUT2D eigenvalue weighted by atomic mass is 32.2. The van der Waals surface area contributed by atoms with Crippen LogP contribution in [-0.2, 0) is 21.6 Å². The molecule has 1 aliphatic rings. The van der Waals surface area contributed by atoms with Gasteiger partial charge in [0.15, 0.2) is 0 Å². The van der Waals surface area contributed by atoms with Gasteiger partial charge in [0.25, 0.3) is 10.1 Å². The van der Waals surface area contributed by atoms with Crippen LogP contribution in [0.2, 0.25) is 0 Å². The highest BCUT2D eigenvalue weighted by Gasteiger charge is 2.15. The third kappa shape index (κ3) is 1.72. The van der Waals surface area contributed by atoms with E-state index in [1.165, 1.54) is 6.07 Å². The van der Waals surface area contributed by atoms with Gasteiger partial charge in [0.2, 0.25) is 0 Å². The molecule has 0 atom stereocenters. The van der Waals surface area contributed by atoms with Crippen LogP contribution in [0.3, 0.4) is 0 Å². The summed E-state index contributed by atoms with van der Waals surface area (Å²) in [6.45, 7) is 0. The highest BCUT2D eigenvalue weighted by Crippen LogP contribution is 2.31. The van der Waals surface area contributed by atoms with Crippen LogP contribution in [-0.4, -0.2) is 13.0 Å². The minimum atomic E-state index is -4.03. The SMILES string of the molecule is O=S(=O)(O)c1ccc2c(c1)CSC2. The Hall–Kier alpha value is -0.520. The Morgan fingerprint density at radius 1 is 1.23 bits per heavy atom. The summed E-state index contributed by atoms with van der Waals surface area (Å²) in [6, 6.07) is 4.75. The first-order valence-corrected chi connectivity index (χ1v) is 6.34. The molecule has 1 aromatic carbocycles. The maximum absolute atomic E-state index is 10.8. The standard InChI is InChI=1S/C8H8O3S2/c9-13(10,11)8-2-1-6-4-12-5-7(6)3-8/h1-3H,4-5H2,(H,9,10,11). The average Bonchev–Trinajstić information content (AvgIpc) is 2.47. The lowest BCUT2D eigenvalue weighted by Gasteiger charge is -2.00. The van der Waals surface area contributed by atoms with Crippen LogP contribution in [0.5, 0.6) is 0 Å². The Balaban J connectivity index is 2.54. The molecule has 0 aromatic heterocycles. The molecule has 0 saturated heterocycles. The van der Waals surface area contributed by atoms with Crippen molar-refractivity contribution in [3.8, 4) is 0 Å². The van der Waals surface area contributed by atoms with Gasteiger partial charge in [-0.2, -0.15) is 20.2 Å². The molecule has 0 saturated carbocycles. The third-order valence-electron chi connectivity index (χ3n) is 1.99. The Bertz CT molecular complexity index is 437. The molecule has 0 unspecified atom stereocenters. The summed E-state index contributed by atoms with van der Waals surface area (Å²) >= 11 is 1.75. The van der Waals surface area contributed by atoms with Crippen LogP contribution < -0.4 is 0 Å². The molecular formula is C8H8O3S2. The monoisotopic (exact) mass is 216 g/mol. The highest BCUT2D eigenvalue weighted by molar-refractivity contribution is 7.98. The van der Waals surface area contributed by atoms with E-state index in [0.29, 0.717) is 0 Å². The number of thioether (sulfide) groups is 1. The summed E-state index contributed by atoms with van der Waals surface area (Å²) in [5.41, 5.74) is 2.18. The smallest absolute Gasteiger partial charge is 0.282 e. The zero-order chi connectivity index (χ0) is 9.47. The second-order valence-corrected chi connectivity index (χ2v) is 5.31. The first kappa shape index (κ1) is 9.05. The van der Waals surface area contributed by atoms with Gasteiger partial charge in [-0.25, -0.2) is 0 Å². The lowest BCUT2D eigenvalue weighted by Crippen LogP contribution is -1.98. The van der Waals surface area contributed by atoms with Crippen LogP contribution in [0.1, 0.15) is 11.1 Å². The fraction of sp³-hybridized carbons (Fsp3) is 0.250. The first-order chi connectivity index (χ1) is 6.07. The number of rotatable bonds is 1. The average molecular weight is 216 g/mol. The normalized spacial score (nSPS) is 15.8. The first-order valence-electron chi connectivity index (χ1n) is 3.74. The van der Waals surface area contributed by atoms with E-state index in [-0.39, 0.29) is 4.90 Å². The Morgan fingerprint density at radius 2 is 1.92 bits per heavy atom. The Kier molecular flexibility index (Phi) is 2.09. The van der Waals surface area contributed by atoms with E-state index in [1.54, 1.807) is 23.9 Å². The molecule has 2 rings (SSSR count). The molecule has 1 heterocycles. The summed E-state index contributed by atoms with van der Waals surface area (Å²) < 4.78 is 30.3. The third-order valence-corrected chi connectivity index (χ3v) is 3.87. The van der Waals surface area contributed by atoms with Crippen LogP contribution in [0.25, 0.3) is 0 Å². The summed E-state index contributed by atoms with van der Waals surface area (Å²) in [4.78, 5) is -0.00579. The van der Waals surface area contributed by atoms with Crippen LogP contribution in [0.15, 0.2) is 23.1 Å². The van der Waals surface area contributed by atoms with E-state index in [0.717, 1.165) is 22.6 Å². The van der Waals surface area contributed by atoms with Crippen molar-refractivity contribution in [1.29, 1.82) is 0 Å². The van der Waals surface area contributed by atoms with Gasteiger partial charge >= 0.3 is 0 Å². The molecule has 3 nitrogen and oxygen atoms in total.